The molecule has 1 nitrogen and oxygen atoms in total. The molecule has 0 radical (unpaired) electrons. The molecule has 0 aliphatic carbocycles. The molecule has 1 aliphatic heterocycles. The molecule has 0 unspecified atom stereocenters. The van der Waals surface area contributed by atoms with Crippen LogP contribution in [-0.4, -0.2) is 5.71 Å². The van der Waals surface area contributed by atoms with E-state index in [4.69, 9.17) is 0 Å². The number of hydrogen-bond acceptors (Lipinski definition) is 1. The Bertz CT molecular complexity index is 215. The lowest BCUT2D eigenvalue weighted by atomic mass is 10.2. The van der Waals surface area contributed by atoms with E-state index in [1.807, 2.05) is 0 Å². The fourth-order valence-electron chi connectivity index (χ4n) is 0.880. The van der Waals surface area contributed by atoms with Crippen molar-refractivity contribution in [1.82, 2.24) is 0 Å². The molecule has 10 heavy (non-hydrogen) atoms. The van der Waals surface area contributed by atoms with Crippen LogP contribution in [0.15, 0.2) is 28.4 Å². The van der Waals surface area contributed by atoms with Crippen LogP contribution in [0.3, 0.4) is 0 Å². The largest absolute Gasteiger partial charge is 0.254 e. The quantitative estimate of drug-likeness (QED) is 0.524. The maximum absolute atomic E-state index is 4.39. The van der Waals surface area contributed by atoms with Crippen molar-refractivity contribution in [2.45, 2.75) is 27.2 Å². The number of rotatable bonds is 1. The molecule has 0 fully saturated rings. The van der Waals surface area contributed by atoms with Crippen LogP contribution in [0.5, 0.6) is 0 Å². The van der Waals surface area contributed by atoms with Crippen molar-refractivity contribution in [2.75, 3.05) is 0 Å². The molecule has 0 saturated carbocycles. The Morgan fingerprint density at radius 1 is 1.40 bits per heavy atom. The molecular weight excluding hydrogens is 122 g/mol. The summed E-state index contributed by atoms with van der Waals surface area (Å²) in [6.45, 7) is 6.29. The minimum Gasteiger partial charge on any atom is -0.254 e. The summed E-state index contributed by atoms with van der Waals surface area (Å²) in [4.78, 5) is 4.39. The molecule has 0 aromatic heterocycles. The maximum atomic E-state index is 4.39. The van der Waals surface area contributed by atoms with Crippen molar-refractivity contribution in [1.29, 1.82) is 0 Å². The Morgan fingerprint density at radius 3 is 2.40 bits per heavy atom. The zero-order valence-corrected chi connectivity index (χ0v) is 6.81. The Balaban J connectivity index is 2.85. The number of nitrogens with zero attached hydrogens (tertiary/aromatic N) is 1. The van der Waals surface area contributed by atoms with Crippen molar-refractivity contribution >= 4 is 5.71 Å². The van der Waals surface area contributed by atoms with Crippen LogP contribution in [0.1, 0.15) is 27.2 Å². The standard InChI is InChI=1S/C9H13N/c1-4-8-5-6-9(10-8)7(2)3/h5-6H,4H2,1-3H3. The summed E-state index contributed by atoms with van der Waals surface area (Å²) in [7, 11) is 0. The third kappa shape index (κ3) is 1.35. The molecule has 1 heteroatoms. The third-order valence-electron chi connectivity index (χ3n) is 1.57. The van der Waals surface area contributed by atoms with Gasteiger partial charge in [0.15, 0.2) is 0 Å². The first-order chi connectivity index (χ1) is 4.74. The van der Waals surface area contributed by atoms with Crippen molar-refractivity contribution in [3.05, 3.63) is 23.4 Å². The van der Waals surface area contributed by atoms with Crippen LogP contribution in [0.2, 0.25) is 0 Å². The summed E-state index contributed by atoms with van der Waals surface area (Å²) < 4.78 is 0. The van der Waals surface area contributed by atoms with Crippen LogP contribution in [-0.2, 0) is 0 Å². The fraction of sp³-hybridized carbons (Fsp3) is 0.444. The van der Waals surface area contributed by atoms with Gasteiger partial charge in [-0.25, -0.2) is 0 Å². The van der Waals surface area contributed by atoms with E-state index >= 15 is 0 Å². The van der Waals surface area contributed by atoms with E-state index in [-0.39, 0.29) is 0 Å². The van der Waals surface area contributed by atoms with Gasteiger partial charge in [-0.15, -0.1) is 0 Å². The summed E-state index contributed by atoms with van der Waals surface area (Å²) in [5, 5.41) is 0. The van der Waals surface area contributed by atoms with Gasteiger partial charge in [-0.3, -0.25) is 4.99 Å². The summed E-state index contributed by atoms with van der Waals surface area (Å²) in [5.74, 6) is 0. The lowest BCUT2D eigenvalue weighted by Gasteiger charge is -1.91. The first-order valence-corrected chi connectivity index (χ1v) is 3.67. The maximum Gasteiger partial charge on any atom is 0.0620 e. The predicted molar refractivity (Wildman–Crippen MR) is 45.2 cm³/mol. The Hall–Kier alpha value is -0.850. The second-order valence-electron chi connectivity index (χ2n) is 2.68. The molecule has 1 heterocycles. The van der Waals surface area contributed by atoms with Gasteiger partial charge in [-0.2, -0.15) is 0 Å². The zero-order chi connectivity index (χ0) is 7.56. The second kappa shape index (κ2) is 2.82. The molecule has 54 valence electrons. The monoisotopic (exact) mass is 135 g/mol. The van der Waals surface area contributed by atoms with Gasteiger partial charge < -0.3 is 0 Å². The highest BCUT2D eigenvalue weighted by Crippen LogP contribution is 2.14. The average molecular weight is 135 g/mol. The minimum atomic E-state index is 1.03. The van der Waals surface area contributed by atoms with Gasteiger partial charge in [0.05, 0.1) is 5.70 Å². The summed E-state index contributed by atoms with van der Waals surface area (Å²) in [6, 6.07) is 0. The molecule has 0 spiro atoms. The van der Waals surface area contributed by atoms with E-state index in [1.54, 1.807) is 0 Å². The van der Waals surface area contributed by atoms with Crippen LogP contribution in [0.4, 0.5) is 0 Å². The molecule has 0 bridgehead atoms. The van der Waals surface area contributed by atoms with E-state index < -0.39 is 0 Å². The number of allylic oxidation sites excluding steroid dienone is 3. The van der Waals surface area contributed by atoms with Gasteiger partial charge in [-0.1, -0.05) is 12.5 Å². The molecule has 0 atom stereocenters. The Labute approximate surface area is 62.2 Å². The molecule has 0 aromatic rings. The van der Waals surface area contributed by atoms with Gasteiger partial charge in [0.2, 0.25) is 0 Å². The third-order valence-corrected chi connectivity index (χ3v) is 1.57. The lowest BCUT2D eigenvalue weighted by molar-refractivity contribution is 1.23. The molecule has 0 N–H and O–H groups in total. The Kier molecular flexibility index (Phi) is 2.05. The predicted octanol–water partition coefficient (Wildman–Crippen LogP) is 2.70. The molecule has 0 saturated heterocycles. The van der Waals surface area contributed by atoms with E-state index in [0.717, 1.165) is 12.1 Å². The first kappa shape index (κ1) is 7.26. The molecule has 1 aliphatic rings. The van der Waals surface area contributed by atoms with Crippen LogP contribution >= 0.6 is 0 Å². The van der Waals surface area contributed by atoms with Crippen LogP contribution < -0.4 is 0 Å². The molecule has 1 rings (SSSR count). The molecular formula is C9H13N. The zero-order valence-electron chi connectivity index (χ0n) is 6.81. The lowest BCUT2D eigenvalue weighted by Crippen LogP contribution is -1.83. The topological polar surface area (TPSA) is 12.4 Å². The number of hydrogen-bond donors (Lipinski definition) is 0. The fourth-order valence-corrected chi connectivity index (χ4v) is 0.880. The molecule has 0 aromatic carbocycles. The van der Waals surface area contributed by atoms with Gasteiger partial charge >= 0.3 is 0 Å². The summed E-state index contributed by atoms with van der Waals surface area (Å²) in [6.07, 6.45) is 5.20. The van der Waals surface area contributed by atoms with E-state index in [0.29, 0.717) is 0 Å². The van der Waals surface area contributed by atoms with E-state index in [2.05, 4.69) is 37.9 Å². The number of aliphatic imine (C=N–C) groups is 1. The minimum absolute atomic E-state index is 1.03. The van der Waals surface area contributed by atoms with Gasteiger partial charge in [0.1, 0.15) is 0 Å². The van der Waals surface area contributed by atoms with Gasteiger partial charge in [0.25, 0.3) is 0 Å². The normalized spacial score (nSPS) is 15.9. The first-order valence-electron chi connectivity index (χ1n) is 3.67. The highest BCUT2D eigenvalue weighted by molar-refractivity contribution is 5.98. The van der Waals surface area contributed by atoms with Crippen LogP contribution in [0, 0.1) is 0 Å². The van der Waals surface area contributed by atoms with Gasteiger partial charge in [-0.05, 0) is 32.4 Å². The average Bonchev–Trinajstić information content (AvgIpc) is 2.34. The van der Waals surface area contributed by atoms with E-state index in [9.17, 15) is 0 Å². The van der Waals surface area contributed by atoms with Crippen molar-refractivity contribution in [3.63, 3.8) is 0 Å². The molecule has 0 amide bonds. The van der Waals surface area contributed by atoms with Crippen LogP contribution in [0.25, 0.3) is 0 Å². The second-order valence-corrected chi connectivity index (χ2v) is 2.68. The van der Waals surface area contributed by atoms with Crippen molar-refractivity contribution < 1.29 is 0 Å². The van der Waals surface area contributed by atoms with Crippen molar-refractivity contribution in [3.8, 4) is 0 Å². The van der Waals surface area contributed by atoms with Gasteiger partial charge in [0, 0.05) is 5.71 Å². The summed E-state index contributed by atoms with van der Waals surface area (Å²) in [5.41, 5.74) is 3.62. The van der Waals surface area contributed by atoms with Crippen molar-refractivity contribution in [2.24, 2.45) is 4.99 Å². The SMILES string of the molecule is CCC1=NC(=C(C)C)C=C1. The smallest absolute Gasteiger partial charge is 0.0620 e. The highest BCUT2D eigenvalue weighted by Gasteiger charge is 2.01. The van der Waals surface area contributed by atoms with E-state index in [1.165, 1.54) is 11.3 Å². The summed E-state index contributed by atoms with van der Waals surface area (Å²) >= 11 is 0. The Morgan fingerprint density at radius 2 is 2.10 bits per heavy atom. The highest BCUT2D eigenvalue weighted by atomic mass is 14.8.